The topological polar surface area (TPSA) is 37.6 Å². The second-order valence-electron chi connectivity index (χ2n) is 3.30. The largest absolute Gasteiger partial charge is 0.345 e. The third-order valence-corrected chi connectivity index (χ3v) is 2.78. The number of amides is 1. The second kappa shape index (κ2) is 3.86. The van der Waals surface area contributed by atoms with Gasteiger partial charge in [-0.15, -0.1) is 11.3 Å². The van der Waals surface area contributed by atoms with Crippen LogP contribution in [0.3, 0.4) is 0 Å². The van der Waals surface area contributed by atoms with Crippen LogP contribution >= 0.6 is 11.3 Å². The van der Waals surface area contributed by atoms with Crippen LogP contribution < -0.4 is 0 Å². The molecule has 0 atom stereocenters. The lowest BCUT2D eigenvalue weighted by Gasteiger charge is -2.04. The van der Waals surface area contributed by atoms with Crippen molar-refractivity contribution in [1.29, 1.82) is 0 Å². The summed E-state index contributed by atoms with van der Waals surface area (Å²) in [5, 5.41) is 1.97. The number of fused-ring (bicyclic) bond motifs is 1. The van der Waals surface area contributed by atoms with Crippen molar-refractivity contribution in [2.45, 2.75) is 0 Å². The maximum Gasteiger partial charge on any atom is 0.246 e. The standard InChI is InChI=1S/C10H11N3OS/c1-12(2)9(14)4-3-8-7-11-10-13(8)5-6-15-10/h3-7H,1-2H3/b4-3+. The number of carbonyl (C=O) groups is 1. The molecule has 0 radical (unpaired) electrons. The summed E-state index contributed by atoms with van der Waals surface area (Å²) in [6, 6.07) is 0. The number of aromatic nitrogens is 2. The van der Waals surface area contributed by atoms with Crippen LogP contribution in [0.4, 0.5) is 0 Å². The Kier molecular flexibility index (Phi) is 2.55. The van der Waals surface area contributed by atoms with Gasteiger partial charge in [0.1, 0.15) is 0 Å². The summed E-state index contributed by atoms with van der Waals surface area (Å²) in [6.45, 7) is 0. The maximum atomic E-state index is 11.3. The fraction of sp³-hybridized carbons (Fsp3) is 0.200. The van der Waals surface area contributed by atoms with E-state index in [0.29, 0.717) is 0 Å². The van der Waals surface area contributed by atoms with Crippen LogP contribution in [0.5, 0.6) is 0 Å². The van der Waals surface area contributed by atoms with Crippen LogP contribution in [0, 0.1) is 0 Å². The molecule has 15 heavy (non-hydrogen) atoms. The zero-order valence-corrected chi connectivity index (χ0v) is 9.36. The summed E-state index contributed by atoms with van der Waals surface area (Å²) >= 11 is 1.57. The van der Waals surface area contributed by atoms with E-state index in [9.17, 15) is 4.79 Å². The number of hydrogen-bond donors (Lipinski definition) is 0. The molecular weight excluding hydrogens is 210 g/mol. The van der Waals surface area contributed by atoms with E-state index < -0.39 is 0 Å². The molecule has 78 valence electrons. The number of nitrogens with zero attached hydrogens (tertiary/aromatic N) is 3. The number of likely N-dealkylation sites (N-methyl/N-ethyl adjacent to an activating group) is 1. The fourth-order valence-corrected chi connectivity index (χ4v) is 1.87. The summed E-state index contributed by atoms with van der Waals surface area (Å²) in [5.74, 6) is -0.0276. The highest BCUT2D eigenvalue weighted by Gasteiger charge is 2.02. The average molecular weight is 221 g/mol. The van der Waals surface area contributed by atoms with Gasteiger partial charge in [-0.3, -0.25) is 9.20 Å². The number of thiazole rings is 1. The van der Waals surface area contributed by atoms with Crippen LogP contribution in [0.15, 0.2) is 23.8 Å². The normalized spacial score (nSPS) is 11.3. The Morgan fingerprint density at radius 1 is 1.60 bits per heavy atom. The monoisotopic (exact) mass is 221 g/mol. The van der Waals surface area contributed by atoms with E-state index in [1.807, 2.05) is 16.0 Å². The molecular formula is C10H11N3OS. The predicted octanol–water partition coefficient (Wildman–Crippen LogP) is 1.50. The van der Waals surface area contributed by atoms with Gasteiger partial charge >= 0.3 is 0 Å². The van der Waals surface area contributed by atoms with E-state index in [-0.39, 0.29) is 5.91 Å². The summed E-state index contributed by atoms with van der Waals surface area (Å²) < 4.78 is 1.95. The molecule has 0 aliphatic heterocycles. The summed E-state index contributed by atoms with van der Waals surface area (Å²) in [6.07, 6.45) is 7.01. The number of hydrogen-bond acceptors (Lipinski definition) is 3. The Morgan fingerprint density at radius 3 is 3.13 bits per heavy atom. The van der Waals surface area contributed by atoms with Gasteiger partial charge in [-0.1, -0.05) is 0 Å². The van der Waals surface area contributed by atoms with Gasteiger partial charge < -0.3 is 4.90 Å². The Labute approximate surface area is 91.5 Å². The smallest absolute Gasteiger partial charge is 0.246 e. The van der Waals surface area contributed by atoms with Gasteiger partial charge in [-0.2, -0.15) is 0 Å². The maximum absolute atomic E-state index is 11.3. The number of imidazole rings is 1. The van der Waals surface area contributed by atoms with Crippen molar-refractivity contribution in [1.82, 2.24) is 14.3 Å². The van der Waals surface area contributed by atoms with Crippen LogP contribution in [0.25, 0.3) is 11.0 Å². The Morgan fingerprint density at radius 2 is 2.40 bits per heavy atom. The SMILES string of the molecule is CN(C)C(=O)/C=C/c1cnc2sccn12. The van der Waals surface area contributed by atoms with Crippen molar-refractivity contribution in [2.75, 3.05) is 14.1 Å². The molecule has 2 rings (SSSR count). The minimum atomic E-state index is -0.0276. The Balaban J connectivity index is 2.26. The minimum absolute atomic E-state index is 0.0276. The summed E-state index contributed by atoms with van der Waals surface area (Å²) in [4.78, 5) is 18.0. The van der Waals surface area contributed by atoms with Crippen molar-refractivity contribution < 1.29 is 4.79 Å². The molecule has 0 aromatic carbocycles. The third kappa shape index (κ3) is 1.92. The molecule has 0 N–H and O–H groups in total. The molecule has 0 saturated heterocycles. The van der Waals surface area contributed by atoms with Crippen LogP contribution in [0.1, 0.15) is 5.69 Å². The van der Waals surface area contributed by atoms with Gasteiger partial charge in [0.25, 0.3) is 0 Å². The molecule has 2 aromatic heterocycles. The highest BCUT2D eigenvalue weighted by Crippen LogP contribution is 2.13. The lowest BCUT2D eigenvalue weighted by Crippen LogP contribution is -2.18. The molecule has 0 bridgehead atoms. The second-order valence-corrected chi connectivity index (χ2v) is 4.18. The highest BCUT2D eigenvalue weighted by molar-refractivity contribution is 7.15. The predicted molar refractivity (Wildman–Crippen MR) is 60.8 cm³/mol. The molecule has 0 fully saturated rings. The van der Waals surface area contributed by atoms with E-state index in [2.05, 4.69) is 4.98 Å². The van der Waals surface area contributed by atoms with Gasteiger partial charge in [-0.25, -0.2) is 4.98 Å². The molecule has 5 heteroatoms. The molecule has 0 saturated carbocycles. The zero-order chi connectivity index (χ0) is 10.8. The van der Waals surface area contributed by atoms with E-state index in [0.717, 1.165) is 10.7 Å². The van der Waals surface area contributed by atoms with Gasteiger partial charge in [-0.05, 0) is 6.08 Å². The lowest BCUT2D eigenvalue weighted by atomic mass is 10.4. The highest BCUT2D eigenvalue weighted by atomic mass is 32.1. The van der Waals surface area contributed by atoms with E-state index in [1.165, 1.54) is 4.90 Å². The van der Waals surface area contributed by atoms with Gasteiger partial charge in [0.2, 0.25) is 5.91 Å². The molecule has 0 aliphatic rings. The van der Waals surface area contributed by atoms with Crippen molar-refractivity contribution in [3.05, 3.63) is 29.5 Å². The minimum Gasteiger partial charge on any atom is -0.345 e. The first kappa shape index (κ1) is 9.92. The van der Waals surface area contributed by atoms with Crippen LogP contribution in [0.2, 0.25) is 0 Å². The molecule has 0 unspecified atom stereocenters. The van der Waals surface area contributed by atoms with Crippen LogP contribution in [-0.2, 0) is 4.79 Å². The van der Waals surface area contributed by atoms with Gasteiger partial charge in [0, 0.05) is 31.7 Å². The molecule has 2 heterocycles. The Hall–Kier alpha value is -1.62. The molecule has 4 nitrogen and oxygen atoms in total. The molecule has 0 aliphatic carbocycles. The quantitative estimate of drug-likeness (QED) is 0.721. The van der Waals surface area contributed by atoms with Gasteiger partial charge in [0.05, 0.1) is 11.9 Å². The third-order valence-electron chi connectivity index (χ3n) is 2.01. The van der Waals surface area contributed by atoms with Gasteiger partial charge in [0.15, 0.2) is 4.96 Å². The van der Waals surface area contributed by atoms with Crippen molar-refractivity contribution >= 4 is 28.3 Å². The lowest BCUT2D eigenvalue weighted by molar-refractivity contribution is -0.123. The Bertz CT molecular complexity index is 509. The van der Waals surface area contributed by atoms with Crippen LogP contribution in [-0.4, -0.2) is 34.3 Å². The first-order valence-corrected chi connectivity index (χ1v) is 5.36. The van der Waals surface area contributed by atoms with E-state index in [4.69, 9.17) is 0 Å². The molecule has 2 aromatic rings. The first-order valence-electron chi connectivity index (χ1n) is 4.48. The van der Waals surface area contributed by atoms with E-state index in [1.54, 1.807) is 43.8 Å². The first-order chi connectivity index (χ1) is 7.18. The summed E-state index contributed by atoms with van der Waals surface area (Å²) in [5.41, 5.74) is 0.918. The number of carbonyl (C=O) groups excluding carboxylic acids is 1. The molecule has 1 amide bonds. The van der Waals surface area contributed by atoms with E-state index >= 15 is 0 Å². The average Bonchev–Trinajstić information content (AvgIpc) is 2.76. The van der Waals surface area contributed by atoms with Crippen molar-refractivity contribution in [2.24, 2.45) is 0 Å². The fourth-order valence-electron chi connectivity index (χ4n) is 1.17. The van der Waals surface area contributed by atoms with Crippen molar-refractivity contribution in [3.63, 3.8) is 0 Å². The molecule has 0 spiro atoms. The number of rotatable bonds is 2. The summed E-state index contributed by atoms with van der Waals surface area (Å²) in [7, 11) is 3.45. The zero-order valence-electron chi connectivity index (χ0n) is 8.54. The van der Waals surface area contributed by atoms with Crippen molar-refractivity contribution in [3.8, 4) is 0 Å².